The molecule has 3 aromatic rings. The molecule has 0 radical (unpaired) electrons. The smallest absolute Gasteiger partial charge is 0.269 e. The van der Waals surface area contributed by atoms with E-state index < -0.39 is 33.4 Å². The third-order valence-electron chi connectivity index (χ3n) is 6.73. The van der Waals surface area contributed by atoms with Crippen LogP contribution in [0.25, 0.3) is 0 Å². The third kappa shape index (κ3) is 7.23. The van der Waals surface area contributed by atoms with E-state index in [4.69, 9.17) is 0 Å². The van der Waals surface area contributed by atoms with E-state index in [2.05, 4.69) is 5.32 Å². The molecule has 10 nitrogen and oxygen atoms in total. The van der Waals surface area contributed by atoms with Gasteiger partial charge < -0.3 is 10.2 Å². The number of nitro groups is 1. The van der Waals surface area contributed by atoms with Crippen LogP contribution in [0.3, 0.4) is 0 Å². The van der Waals surface area contributed by atoms with Crippen molar-refractivity contribution >= 4 is 33.2 Å². The van der Waals surface area contributed by atoms with E-state index in [1.165, 1.54) is 41.3 Å². The molecule has 2 atom stereocenters. The van der Waals surface area contributed by atoms with Crippen LogP contribution in [-0.2, 0) is 26.2 Å². The molecular weight excluding hydrogens is 532 g/mol. The molecule has 1 N–H and O–H groups in total. The zero-order valence-electron chi connectivity index (χ0n) is 23.0. The number of hydrogen-bond acceptors (Lipinski definition) is 6. The molecule has 0 saturated heterocycles. The Balaban J connectivity index is 2.04. The van der Waals surface area contributed by atoms with Crippen LogP contribution in [0.1, 0.15) is 38.3 Å². The van der Waals surface area contributed by atoms with E-state index in [1.54, 1.807) is 25.1 Å². The summed E-state index contributed by atoms with van der Waals surface area (Å²) in [5, 5.41) is 14.1. The molecule has 0 bridgehead atoms. The van der Waals surface area contributed by atoms with Gasteiger partial charge in [-0.1, -0.05) is 49.4 Å². The Kier molecular flexibility index (Phi) is 10.0. The molecular formula is C29H34N4O6S. The highest BCUT2D eigenvalue weighted by molar-refractivity contribution is 7.92. The first-order chi connectivity index (χ1) is 18.9. The minimum absolute atomic E-state index is 0.0471. The van der Waals surface area contributed by atoms with Crippen molar-refractivity contribution in [3.8, 4) is 0 Å². The Morgan fingerprint density at radius 3 is 2.12 bits per heavy atom. The van der Waals surface area contributed by atoms with Gasteiger partial charge >= 0.3 is 0 Å². The minimum atomic E-state index is -4.25. The van der Waals surface area contributed by atoms with Gasteiger partial charge in [-0.25, -0.2) is 8.42 Å². The second kappa shape index (κ2) is 13.2. The lowest BCUT2D eigenvalue weighted by Gasteiger charge is -2.32. The number of benzene rings is 3. The second-order valence-corrected chi connectivity index (χ2v) is 11.4. The van der Waals surface area contributed by atoms with Crippen LogP contribution in [0.5, 0.6) is 0 Å². The maximum absolute atomic E-state index is 13.9. The van der Waals surface area contributed by atoms with E-state index in [-0.39, 0.29) is 34.8 Å². The third-order valence-corrected chi connectivity index (χ3v) is 8.52. The Morgan fingerprint density at radius 2 is 1.55 bits per heavy atom. The number of sulfonamides is 1. The summed E-state index contributed by atoms with van der Waals surface area (Å²) in [5.41, 5.74) is 1.59. The van der Waals surface area contributed by atoms with Crippen LogP contribution < -0.4 is 9.62 Å². The fourth-order valence-electron chi connectivity index (χ4n) is 4.01. The summed E-state index contributed by atoms with van der Waals surface area (Å²) in [6.07, 6.45) is 0.702. The van der Waals surface area contributed by atoms with Crippen molar-refractivity contribution in [2.45, 2.75) is 57.6 Å². The highest BCUT2D eigenvalue weighted by atomic mass is 32.2. The number of nitrogens with one attached hydrogen (secondary N) is 1. The van der Waals surface area contributed by atoms with Crippen molar-refractivity contribution in [3.63, 3.8) is 0 Å². The topological polar surface area (TPSA) is 130 Å². The van der Waals surface area contributed by atoms with E-state index in [1.807, 2.05) is 45.0 Å². The van der Waals surface area contributed by atoms with E-state index in [0.717, 1.165) is 15.4 Å². The van der Waals surface area contributed by atoms with Crippen molar-refractivity contribution in [1.82, 2.24) is 10.2 Å². The number of nitrogens with zero attached hydrogens (tertiary/aromatic N) is 3. The molecule has 11 heteroatoms. The van der Waals surface area contributed by atoms with Gasteiger partial charge in [0.2, 0.25) is 11.8 Å². The number of rotatable bonds is 12. The number of carbonyl (C=O) groups is 2. The average molecular weight is 567 g/mol. The van der Waals surface area contributed by atoms with Crippen molar-refractivity contribution in [2.24, 2.45) is 0 Å². The Labute approximate surface area is 234 Å². The number of anilines is 1. The Bertz CT molecular complexity index is 1440. The van der Waals surface area contributed by atoms with Crippen LogP contribution in [-0.4, -0.2) is 48.7 Å². The summed E-state index contributed by atoms with van der Waals surface area (Å²) >= 11 is 0. The molecule has 0 aliphatic heterocycles. The van der Waals surface area contributed by atoms with Gasteiger partial charge in [-0.05, 0) is 62.6 Å². The molecule has 0 saturated carbocycles. The Hall–Kier alpha value is -4.25. The van der Waals surface area contributed by atoms with Crippen molar-refractivity contribution in [1.29, 1.82) is 0 Å². The predicted molar refractivity (Wildman–Crippen MR) is 153 cm³/mol. The monoisotopic (exact) mass is 566 g/mol. The van der Waals surface area contributed by atoms with Gasteiger partial charge in [0.15, 0.2) is 0 Å². The minimum Gasteiger partial charge on any atom is -0.352 e. The zero-order valence-corrected chi connectivity index (χ0v) is 23.8. The average Bonchev–Trinajstić information content (AvgIpc) is 2.95. The molecule has 0 unspecified atom stereocenters. The number of amides is 2. The highest BCUT2D eigenvalue weighted by Crippen LogP contribution is 2.26. The maximum Gasteiger partial charge on any atom is 0.269 e. The summed E-state index contributed by atoms with van der Waals surface area (Å²) < 4.78 is 28.4. The summed E-state index contributed by atoms with van der Waals surface area (Å²) in [6, 6.07) is 19.0. The van der Waals surface area contributed by atoms with Gasteiger partial charge in [0.05, 0.1) is 15.5 Å². The molecule has 0 heterocycles. The van der Waals surface area contributed by atoms with E-state index in [0.29, 0.717) is 6.42 Å². The lowest BCUT2D eigenvalue weighted by atomic mass is 10.1. The molecule has 0 aliphatic carbocycles. The molecule has 212 valence electrons. The molecule has 3 rings (SSSR count). The number of nitro benzene ring substituents is 1. The fourth-order valence-corrected chi connectivity index (χ4v) is 5.44. The zero-order chi connectivity index (χ0) is 29.4. The molecule has 0 spiro atoms. The van der Waals surface area contributed by atoms with E-state index in [9.17, 15) is 28.1 Å². The van der Waals surface area contributed by atoms with Gasteiger partial charge in [0.1, 0.15) is 12.6 Å². The number of carbonyl (C=O) groups excluding carboxylic acids is 2. The van der Waals surface area contributed by atoms with Gasteiger partial charge in [0.25, 0.3) is 15.7 Å². The number of non-ortho nitro benzene ring substituents is 1. The van der Waals surface area contributed by atoms with E-state index >= 15 is 0 Å². The second-order valence-electron chi connectivity index (χ2n) is 9.54. The highest BCUT2D eigenvalue weighted by Gasteiger charge is 2.33. The fraction of sp³-hybridized carbons (Fsp3) is 0.310. The quantitative estimate of drug-likeness (QED) is 0.255. The first kappa shape index (κ1) is 30.3. The SMILES string of the molecule is CC[C@H](C)NC(=O)[C@@H](C)N(Cc1ccccc1C)C(=O)CN(c1ccc([N+](=O)[O-])cc1)S(=O)(=O)c1ccccc1. The van der Waals surface area contributed by atoms with Crippen LogP contribution in [0.4, 0.5) is 11.4 Å². The lowest BCUT2D eigenvalue weighted by molar-refractivity contribution is -0.384. The van der Waals surface area contributed by atoms with Crippen molar-refractivity contribution in [3.05, 3.63) is 100 Å². The van der Waals surface area contributed by atoms with Crippen molar-refractivity contribution < 1.29 is 22.9 Å². The van der Waals surface area contributed by atoms with Gasteiger partial charge in [0, 0.05) is 24.7 Å². The van der Waals surface area contributed by atoms with Gasteiger partial charge in [-0.15, -0.1) is 0 Å². The molecule has 0 aliphatic rings. The standard InChI is InChI=1S/C29H34N4O6S/c1-5-22(3)30-29(35)23(4)31(19-24-12-10-9-11-21(24)2)28(34)20-32(25-15-17-26(18-16-25)33(36)37)40(38,39)27-13-7-6-8-14-27/h6-18,22-23H,5,19-20H2,1-4H3,(H,30,35)/t22-,23+/m0/s1. The first-order valence-electron chi connectivity index (χ1n) is 12.9. The molecule has 0 fully saturated rings. The summed E-state index contributed by atoms with van der Waals surface area (Å²) in [7, 11) is -4.25. The van der Waals surface area contributed by atoms with Crippen molar-refractivity contribution in [2.75, 3.05) is 10.8 Å². The van der Waals surface area contributed by atoms with Crippen LogP contribution in [0, 0.1) is 17.0 Å². The lowest BCUT2D eigenvalue weighted by Crippen LogP contribution is -2.52. The Morgan fingerprint density at radius 1 is 0.950 bits per heavy atom. The normalized spacial score (nSPS) is 12.7. The first-order valence-corrected chi connectivity index (χ1v) is 14.4. The molecule has 40 heavy (non-hydrogen) atoms. The van der Waals surface area contributed by atoms with Gasteiger partial charge in [-0.2, -0.15) is 0 Å². The molecule has 0 aromatic heterocycles. The summed E-state index contributed by atoms with van der Waals surface area (Å²) in [4.78, 5) is 38.9. The van der Waals surface area contributed by atoms with Gasteiger partial charge in [-0.3, -0.25) is 24.0 Å². The number of hydrogen-bond donors (Lipinski definition) is 1. The molecule has 3 aromatic carbocycles. The predicted octanol–water partition coefficient (Wildman–Crippen LogP) is 4.43. The maximum atomic E-state index is 13.9. The van der Waals surface area contributed by atoms with Crippen LogP contribution in [0.15, 0.2) is 83.8 Å². The summed E-state index contributed by atoms with van der Waals surface area (Å²) in [6.45, 7) is 6.76. The number of aryl methyl sites for hydroxylation is 1. The summed E-state index contributed by atoms with van der Waals surface area (Å²) in [5.74, 6) is -0.961. The van der Waals surface area contributed by atoms with Crippen LogP contribution in [0.2, 0.25) is 0 Å². The largest absolute Gasteiger partial charge is 0.352 e. The van der Waals surface area contributed by atoms with Crippen LogP contribution >= 0.6 is 0 Å². The molecule has 2 amide bonds.